The van der Waals surface area contributed by atoms with Gasteiger partial charge in [-0.05, 0) is 0 Å². The van der Waals surface area contributed by atoms with Crippen molar-refractivity contribution in [3.05, 3.63) is 0 Å². The van der Waals surface area contributed by atoms with Crippen molar-refractivity contribution in [3.63, 3.8) is 0 Å². The molecule has 0 aliphatic rings. The summed E-state index contributed by atoms with van der Waals surface area (Å²) in [7, 11) is -4.05. The van der Waals surface area contributed by atoms with Crippen molar-refractivity contribution in [2.24, 2.45) is 11.7 Å². The quantitative estimate of drug-likeness (QED) is 0.336. The Kier molecular flexibility index (Phi) is 8.26. The maximum atomic E-state index is 11.2. The van der Waals surface area contributed by atoms with E-state index >= 15 is 0 Å². The number of carbonyl (C=O) groups excluding carboxylic acids is 2. The molecule has 0 rings (SSSR count). The normalized spacial score (nSPS) is 13.1. The lowest BCUT2D eigenvalue weighted by atomic mass is 10.2. The van der Waals surface area contributed by atoms with Gasteiger partial charge in [-0.3, -0.25) is 14.2 Å². The van der Waals surface area contributed by atoms with E-state index in [1.807, 2.05) is 0 Å². The Labute approximate surface area is 110 Å². The van der Waals surface area contributed by atoms with Crippen LogP contribution in [0.4, 0.5) is 0 Å². The molecule has 0 aliphatic heterocycles. The molecule has 0 aromatic heterocycles. The Bertz CT molecular complexity index is 333. The van der Waals surface area contributed by atoms with Crippen molar-refractivity contribution in [1.29, 1.82) is 0 Å². The smallest absolute Gasteiger partial charge is 0.327 e. The summed E-state index contributed by atoms with van der Waals surface area (Å²) in [6.45, 7) is 1.68. The van der Waals surface area contributed by atoms with Crippen LogP contribution in [0.15, 0.2) is 0 Å². The molecule has 7 nitrogen and oxygen atoms in total. The van der Waals surface area contributed by atoms with Gasteiger partial charge in [0.05, 0.1) is 6.16 Å². The Morgan fingerprint density at radius 2 is 2.06 bits per heavy atom. The molecular formula is C9H19N2O5PS. The van der Waals surface area contributed by atoms with Crippen molar-refractivity contribution in [2.75, 3.05) is 24.2 Å². The summed E-state index contributed by atoms with van der Waals surface area (Å²) >= 11 is 1.44. The number of nitrogens with two attached hydrogens (primary N) is 1. The van der Waals surface area contributed by atoms with Crippen LogP contribution < -0.4 is 11.1 Å². The number of hydrogen-bond donors (Lipinski definition) is 4. The first-order valence-corrected chi connectivity index (χ1v) is 8.36. The predicted octanol–water partition coefficient (Wildman–Crippen LogP) is -0.475. The van der Waals surface area contributed by atoms with E-state index in [1.54, 1.807) is 6.92 Å². The molecule has 0 spiro atoms. The van der Waals surface area contributed by atoms with Crippen molar-refractivity contribution in [1.82, 2.24) is 5.32 Å². The van der Waals surface area contributed by atoms with Gasteiger partial charge in [-0.2, -0.15) is 11.8 Å². The second-order valence-corrected chi connectivity index (χ2v) is 6.79. The van der Waals surface area contributed by atoms with E-state index in [2.05, 4.69) is 5.32 Å². The van der Waals surface area contributed by atoms with Crippen LogP contribution in [0.25, 0.3) is 0 Å². The molecule has 0 radical (unpaired) electrons. The maximum absolute atomic E-state index is 11.2. The standard InChI is InChI=1S/C9H19N2O5PS/c1-7(9(10)13)6-18-5-2-8(12)11-3-4-17(14,15)16/h7H,2-6H2,1H3,(H2,10,13)(H,11,12)(H2,14,15,16). The summed E-state index contributed by atoms with van der Waals surface area (Å²) in [4.78, 5) is 39.1. The monoisotopic (exact) mass is 298 g/mol. The Morgan fingerprint density at radius 3 is 2.56 bits per heavy atom. The lowest BCUT2D eigenvalue weighted by molar-refractivity contribution is -0.121. The Balaban J connectivity index is 3.54. The molecule has 1 atom stereocenters. The van der Waals surface area contributed by atoms with Gasteiger partial charge in [0.1, 0.15) is 0 Å². The number of primary amides is 1. The van der Waals surface area contributed by atoms with E-state index < -0.39 is 7.60 Å². The minimum absolute atomic E-state index is 0.0362. The molecule has 0 aliphatic carbocycles. The predicted molar refractivity (Wildman–Crippen MR) is 70.2 cm³/mol. The van der Waals surface area contributed by atoms with Gasteiger partial charge in [-0.25, -0.2) is 0 Å². The summed E-state index contributed by atoms with van der Waals surface area (Å²) in [5.41, 5.74) is 5.08. The number of thioether (sulfide) groups is 1. The van der Waals surface area contributed by atoms with Crippen LogP contribution in [-0.4, -0.2) is 45.8 Å². The highest BCUT2D eigenvalue weighted by atomic mass is 32.2. The van der Waals surface area contributed by atoms with Crippen LogP contribution in [-0.2, 0) is 14.2 Å². The van der Waals surface area contributed by atoms with Gasteiger partial charge >= 0.3 is 7.60 Å². The fourth-order valence-corrected chi connectivity index (χ4v) is 2.35. The van der Waals surface area contributed by atoms with Crippen molar-refractivity contribution in [2.45, 2.75) is 13.3 Å². The molecule has 0 bridgehead atoms. The van der Waals surface area contributed by atoms with E-state index in [1.165, 1.54) is 11.8 Å². The van der Waals surface area contributed by atoms with Gasteiger partial charge < -0.3 is 20.8 Å². The first kappa shape index (κ1) is 17.4. The molecule has 18 heavy (non-hydrogen) atoms. The zero-order chi connectivity index (χ0) is 14.2. The summed E-state index contributed by atoms with van der Waals surface area (Å²) in [5, 5.41) is 2.41. The van der Waals surface area contributed by atoms with Gasteiger partial charge in [-0.15, -0.1) is 0 Å². The average molecular weight is 298 g/mol. The first-order valence-electron chi connectivity index (χ1n) is 5.40. The first-order chi connectivity index (χ1) is 8.22. The molecule has 1 unspecified atom stereocenters. The van der Waals surface area contributed by atoms with E-state index in [0.717, 1.165) is 0 Å². The van der Waals surface area contributed by atoms with E-state index in [9.17, 15) is 14.2 Å². The van der Waals surface area contributed by atoms with Crippen molar-refractivity contribution >= 4 is 31.2 Å². The van der Waals surface area contributed by atoms with Gasteiger partial charge in [0.25, 0.3) is 0 Å². The third-order valence-corrected chi connectivity index (χ3v) is 4.09. The lowest BCUT2D eigenvalue weighted by Crippen LogP contribution is -2.27. The summed E-state index contributed by atoms with van der Waals surface area (Å²) < 4.78 is 10.5. The summed E-state index contributed by atoms with van der Waals surface area (Å²) in [5.74, 6) is 0.244. The van der Waals surface area contributed by atoms with Crippen LogP contribution in [0.2, 0.25) is 0 Å². The SMILES string of the molecule is CC(CSCCC(=O)NCCP(=O)(O)O)C(N)=O. The lowest BCUT2D eigenvalue weighted by Gasteiger charge is -2.07. The van der Waals surface area contributed by atoms with Crippen molar-refractivity contribution < 1.29 is 23.9 Å². The third-order valence-electron chi connectivity index (χ3n) is 2.05. The zero-order valence-corrected chi connectivity index (χ0v) is 11.9. The third kappa shape index (κ3) is 10.6. The minimum atomic E-state index is -4.05. The van der Waals surface area contributed by atoms with E-state index in [4.69, 9.17) is 15.5 Å². The number of carbonyl (C=O) groups is 2. The summed E-state index contributed by atoms with van der Waals surface area (Å²) in [6, 6.07) is 0. The Hall–Kier alpha value is -0.560. The fourth-order valence-electron chi connectivity index (χ4n) is 0.936. The van der Waals surface area contributed by atoms with Crippen LogP contribution >= 0.6 is 19.4 Å². The van der Waals surface area contributed by atoms with E-state index in [-0.39, 0.29) is 36.9 Å². The highest BCUT2D eigenvalue weighted by molar-refractivity contribution is 7.99. The molecule has 106 valence electrons. The van der Waals surface area contributed by atoms with Crippen LogP contribution in [0.3, 0.4) is 0 Å². The molecule has 2 amide bonds. The average Bonchev–Trinajstić information content (AvgIpc) is 2.22. The molecular weight excluding hydrogens is 279 g/mol. The molecule has 0 aromatic rings. The molecule has 0 aromatic carbocycles. The van der Waals surface area contributed by atoms with E-state index in [0.29, 0.717) is 11.5 Å². The Morgan fingerprint density at radius 1 is 1.44 bits per heavy atom. The van der Waals surface area contributed by atoms with Crippen LogP contribution in [0.1, 0.15) is 13.3 Å². The number of rotatable bonds is 9. The molecule has 5 N–H and O–H groups in total. The largest absolute Gasteiger partial charge is 0.369 e. The minimum Gasteiger partial charge on any atom is -0.369 e. The number of amides is 2. The van der Waals surface area contributed by atoms with Gasteiger partial charge in [0, 0.05) is 30.4 Å². The molecule has 0 heterocycles. The second kappa shape index (κ2) is 8.53. The van der Waals surface area contributed by atoms with Crippen molar-refractivity contribution in [3.8, 4) is 0 Å². The molecule has 9 heteroatoms. The highest BCUT2D eigenvalue weighted by Gasteiger charge is 2.13. The second-order valence-electron chi connectivity index (χ2n) is 3.87. The summed E-state index contributed by atoms with van der Waals surface area (Å²) in [6.07, 6.45) is -0.109. The fraction of sp³-hybridized carbons (Fsp3) is 0.778. The molecule has 0 saturated carbocycles. The van der Waals surface area contributed by atoms with Gasteiger partial charge in [0.15, 0.2) is 0 Å². The van der Waals surface area contributed by atoms with Gasteiger partial charge in [-0.1, -0.05) is 6.92 Å². The number of nitrogens with one attached hydrogen (secondary N) is 1. The topological polar surface area (TPSA) is 130 Å². The molecule has 0 fully saturated rings. The zero-order valence-electron chi connectivity index (χ0n) is 10.2. The molecule has 0 saturated heterocycles. The maximum Gasteiger partial charge on any atom is 0.327 e. The highest BCUT2D eigenvalue weighted by Crippen LogP contribution is 2.32. The number of hydrogen-bond acceptors (Lipinski definition) is 4. The van der Waals surface area contributed by atoms with Gasteiger partial charge in [0.2, 0.25) is 11.8 Å². The van der Waals surface area contributed by atoms with Crippen LogP contribution in [0, 0.1) is 5.92 Å². The van der Waals surface area contributed by atoms with Crippen LogP contribution in [0.5, 0.6) is 0 Å².